The molecule has 0 aromatic heterocycles. The number of likely N-dealkylation sites (tertiary alicyclic amines) is 1. The average Bonchev–Trinajstić information content (AvgIpc) is 2.85. The fraction of sp³-hybridized carbons (Fsp3) is 0.571. The number of piperazine rings is 1. The molecule has 2 fully saturated rings. The first-order valence-corrected chi connectivity index (χ1v) is 12.6. The predicted molar refractivity (Wildman–Crippen MR) is 131 cm³/mol. The van der Waals surface area contributed by atoms with Crippen LogP contribution in [0.15, 0.2) is 48.5 Å². The molecule has 0 N–H and O–H groups in total. The second-order valence-corrected chi connectivity index (χ2v) is 10.1. The van der Waals surface area contributed by atoms with Crippen molar-refractivity contribution in [1.82, 2.24) is 14.7 Å². The van der Waals surface area contributed by atoms with Crippen LogP contribution in [-0.2, 0) is 19.4 Å². The molecule has 0 bridgehead atoms. The van der Waals surface area contributed by atoms with Gasteiger partial charge in [0.25, 0.3) is 0 Å². The molecule has 2 aliphatic heterocycles. The van der Waals surface area contributed by atoms with Gasteiger partial charge >= 0.3 is 0 Å². The van der Waals surface area contributed by atoms with Crippen LogP contribution in [0.1, 0.15) is 42.4 Å². The summed E-state index contributed by atoms with van der Waals surface area (Å²) < 4.78 is 5.47. The zero-order valence-electron chi connectivity index (χ0n) is 19.8. The number of methoxy groups -OCH3 is 1. The molecule has 3 aliphatic rings. The Hall–Kier alpha value is -1.88. The smallest absolute Gasteiger partial charge is 0.119 e. The molecular formula is C28H39N3O. The summed E-state index contributed by atoms with van der Waals surface area (Å²) in [5.74, 6) is 1.01. The summed E-state index contributed by atoms with van der Waals surface area (Å²) in [4.78, 5) is 8.19. The van der Waals surface area contributed by atoms with Gasteiger partial charge in [-0.15, -0.1) is 0 Å². The van der Waals surface area contributed by atoms with E-state index in [1.807, 2.05) is 0 Å². The number of rotatable bonds is 6. The number of hydrogen-bond acceptors (Lipinski definition) is 4. The van der Waals surface area contributed by atoms with Crippen molar-refractivity contribution in [3.05, 3.63) is 65.2 Å². The minimum Gasteiger partial charge on any atom is -0.497 e. The normalized spacial score (nSPS) is 25.0. The van der Waals surface area contributed by atoms with Crippen molar-refractivity contribution in [2.45, 2.75) is 50.6 Å². The van der Waals surface area contributed by atoms with Crippen molar-refractivity contribution < 1.29 is 4.74 Å². The molecule has 1 spiro atoms. The van der Waals surface area contributed by atoms with Crippen LogP contribution in [0, 0.1) is 0 Å². The molecule has 5 rings (SSSR count). The van der Waals surface area contributed by atoms with Gasteiger partial charge in [0.05, 0.1) is 7.11 Å². The molecule has 4 heteroatoms. The molecule has 4 nitrogen and oxygen atoms in total. The van der Waals surface area contributed by atoms with E-state index in [0.717, 1.165) is 12.3 Å². The Bertz CT molecular complexity index is 878. The number of nitrogens with zero attached hydrogens (tertiary/aromatic N) is 3. The molecule has 0 saturated carbocycles. The number of benzene rings is 2. The van der Waals surface area contributed by atoms with E-state index in [0.29, 0.717) is 5.54 Å². The van der Waals surface area contributed by atoms with Gasteiger partial charge in [0, 0.05) is 51.4 Å². The summed E-state index contributed by atoms with van der Waals surface area (Å²) in [7, 11) is 1.77. The number of fused-ring (bicyclic) bond motifs is 1. The van der Waals surface area contributed by atoms with Crippen LogP contribution >= 0.6 is 0 Å². The summed E-state index contributed by atoms with van der Waals surface area (Å²) in [6, 6.07) is 17.7. The van der Waals surface area contributed by atoms with Crippen molar-refractivity contribution >= 4 is 0 Å². The fourth-order valence-electron chi connectivity index (χ4n) is 6.20. The van der Waals surface area contributed by atoms with Crippen LogP contribution in [0.5, 0.6) is 5.75 Å². The predicted octanol–water partition coefficient (Wildman–Crippen LogP) is 4.23. The van der Waals surface area contributed by atoms with Crippen LogP contribution in [0.25, 0.3) is 0 Å². The Balaban J connectivity index is 1.15. The van der Waals surface area contributed by atoms with Gasteiger partial charge in [-0.25, -0.2) is 0 Å². The minimum absolute atomic E-state index is 0.384. The molecule has 32 heavy (non-hydrogen) atoms. The van der Waals surface area contributed by atoms with Gasteiger partial charge in [0.2, 0.25) is 0 Å². The number of hydrogen-bond donors (Lipinski definition) is 0. The standard InChI is InChI=1S/C28H39N3O/c1-32-27-10-9-26-22-28(13-11-25(26)21-27)12-5-6-14-31(28)20-19-29-15-17-30(18-16-29)23-24-7-3-2-4-8-24/h2-4,7-10,21H,5-6,11-20,22-23H2,1H3. The van der Waals surface area contributed by atoms with Crippen LogP contribution in [0.4, 0.5) is 0 Å². The maximum absolute atomic E-state index is 5.47. The van der Waals surface area contributed by atoms with E-state index >= 15 is 0 Å². The van der Waals surface area contributed by atoms with Gasteiger partial charge in [0.15, 0.2) is 0 Å². The van der Waals surface area contributed by atoms with E-state index < -0.39 is 0 Å². The molecule has 1 unspecified atom stereocenters. The maximum Gasteiger partial charge on any atom is 0.119 e. The third-order valence-corrected chi connectivity index (χ3v) is 8.18. The van der Waals surface area contributed by atoms with E-state index in [-0.39, 0.29) is 0 Å². The van der Waals surface area contributed by atoms with Gasteiger partial charge in [0.1, 0.15) is 5.75 Å². The van der Waals surface area contributed by atoms with Crippen LogP contribution in [-0.4, -0.2) is 73.2 Å². The summed E-state index contributed by atoms with van der Waals surface area (Å²) in [5, 5.41) is 0. The highest BCUT2D eigenvalue weighted by atomic mass is 16.5. The van der Waals surface area contributed by atoms with E-state index in [1.54, 1.807) is 12.7 Å². The molecule has 0 radical (unpaired) electrons. The first kappa shape index (κ1) is 21.9. The molecule has 0 amide bonds. The molecule has 2 heterocycles. The lowest BCUT2D eigenvalue weighted by molar-refractivity contribution is 0.0200. The lowest BCUT2D eigenvalue weighted by Gasteiger charge is -2.51. The van der Waals surface area contributed by atoms with Gasteiger partial charge in [-0.1, -0.05) is 42.8 Å². The largest absolute Gasteiger partial charge is 0.497 e. The molecule has 2 saturated heterocycles. The number of piperidine rings is 1. The Morgan fingerprint density at radius 1 is 0.812 bits per heavy atom. The van der Waals surface area contributed by atoms with E-state index in [9.17, 15) is 0 Å². The second-order valence-electron chi connectivity index (χ2n) is 10.1. The van der Waals surface area contributed by atoms with Gasteiger partial charge < -0.3 is 4.74 Å². The maximum atomic E-state index is 5.47. The quantitative estimate of drug-likeness (QED) is 0.679. The third kappa shape index (κ3) is 4.88. The van der Waals surface area contributed by atoms with E-state index in [4.69, 9.17) is 4.74 Å². The Kier molecular flexibility index (Phi) is 6.82. The van der Waals surface area contributed by atoms with Crippen molar-refractivity contribution in [1.29, 1.82) is 0 Å². The van der Waals surface area contributed by atoms with Crippen molar-refractivity contribution in [2.24, 2.45) is 0 Å². The molecular weight excluding hydrogens is 394 g/mol. The number of ether oxygens (including phenoxy) is 1. The Morgan fingerprint density at radius 3 is 2.44 bits per heavy atom. The zero-order valence-corrected chi connectivity index (χ0v) is 19.8. The van der Waals surface area contributed by atoms with Crippen LogP contribution < -0.4 is 4.74 Å². The molecule has 1 atom stereocenters. The van der Waals surface area contributed by atoms with Crippen LogP contribution in [0.3, 0.4) is 0 Å². The SMILES string of the molecule is COc1ccc2c(c1)CCC1(CCCCN1CCN1CCN(Cc3ccccc3)CC1)C2. The average molecular weight is 434 g/mol. The zero-order chi connectivity index (χ0) is 21.8. The van der Waals surface area contributed by atoms with Crippen molar-refractivity contribution in [2.75, 3.05) is 52.9 Å². The van der Waals surface area contributed by atoms with E-state index in [1.165, 1.54) is 95.5 Å². The Morgan fingerprint density at radius 2 is 1.62 bits per heavy atom. The van der Waals surface area contributed by atoms with E-state index in [2.05, 4.69) is 63.2 Å². The molecule has 1 aliphatic carbocycles. The number of aryl methyl sites for hydroxylation is 1. The Labute approximate surface area is 194 Å². The fourth-order valence-corrected chi connectivity index (χ4v) is 6.20. The van der Waals surface area contributed by atoms with Gasteiger partial charge in [-0.3, -0.25) is 14.7 Å². The summed E-state index contributed by atoms with van der Waals surface area (Å²) in [6.07, 6.45) is 7.84. The third-order valence-electron chi connectivity index (χ3n) is 8.18. The van der Waals surface area contributed by atoms with Crippen LogP contribution in [0.2, 0.25) is 0 Å². The summed E-state index contributed by atoms with van der Waals surface area (Å²) >= 11 is 0. The topological polar surface area (TPSA) is 19.0 Å². The lowest BCUT2D eigenvalue weighted by Crippen LogP contribution is -2.57. The highest BCUT2D eigenvalue weighted by Gasteiger charge is 2.41. The highest BCUT2D eigenvalue weighted by Crippen LogP contribution is 2.40. The second kappa shape index (κ2) is 9.94. The first-order valence-electron chi connectivity index (χ1n) is 12.6. The van der Waals surface area contributed by atoms with Crippen molar-refractivity contribution in [3.8, 4) is 5.75 Å². The monoisotopic (exact) mass is 433 g/mol. The summed E-state index contributed by atoms with van der Waals surface area (Å²) in [6.45, 7) is 9.60. The van der Waals surface area contributed by atoms with Gasteiger partial charge in [-0.2, -0.15) is 0 Å². The molecule has 172 valence electrons. The molecule has 2 aromatic rings. The summed E-state index contributed by atoms with van der Waals surface area (Å²) in [5.41, 5.74) is 4.88. The molecule has 2 aromatic carbocycles. The van der Waals surface area contributed by atoms with Gasteiger partial charge in [-0.05, 0) is 67.5 Å². The highest BCUT2D eigenvalue weighted by molar-refractivity contribution is 5.39. The lowest BCUT2D eigenvalue weighted by atomic mass is 9.72. The van der Waals surface area contributed by atoms with Crippen molar-refractivity contribution in [3.63, 3.8) is 0 Å². The minimum atomic E-state index is 0.384. The first-order chi connectivity index (χ1) is 15.7.